The number of thiocarbonyl (C=S) groups is 1. The first-order chi connectivity index (χ1) is 9.72. The predicted molar refractivity (Wildman–Crippen MR) is 90.3 cm³/mol. The number of nitrogens with two attached hydrogens (primary N) is 1. The number of thiophene rings is 1. The number of hydrogen-bond acceptors (Lipinski definition) is 4. The first-order valence-electron chi connectivity index (χ1n) is 6.90. The lowest BCUT2D eigenvalue weighted by molar-refractivity contribution is 0.140. The SMILES string of the molecule is NC(=S)CN1CCN(Cc2csc3ccccc23)CC1. The van der Waals surface area contributed by atoms with E-state index in [1.54, 1.807) is 0 Å². The first-order valence-corrected chi connectivity index (χ1v) is 8.19. The molecule has 1 saturated heterocycles. The molecule has 0 aliphatic carbocycles. The summed E-state index contributed by atoms with van der Waals surface area (Å²) in [7, 11) is 0. The highest BCUT2D eigenvalue weighted by atomic mass is 32.1. The van der Waals surface area contributed by atoms with Gasteiger partial charge in [0.15, 0.2) is 0 Å². The van der Waals surface area contributed by atoms with Gasteiger partial charge in [-0.25, -0.2) is 0 Å². The first kappa shape index (κ1) is 13.9. The standard InChI is InChI=1S/C15H19N3S2/c16-15(19)10-18-7-5-17(6-8-18)9-12-11-20-14-4-2-1-3-13(12)14/h1-4,11H,5-10H2,(H2,16,19). The van der Waals surface area contributed by atoms with Crippen LogP contribution in [0.25, 0.3) is 10.1 Å². The van der Waals surface area contributed by atoms with Crippen molar-refractivity contribution in [2.24, 2.45) is 5.73 Å². The van der Waals surface area contributed by atoms with E-state index in [4.69, 9.17) is 18.0 Å². The molecule has 1 aliphatic rings. The van der Waals surface area contributed by atoms with E-state index in [2.05, 4.69) is 39.4 Å². The van der Waals surface area contributed by atoms with Crippen LogP contribution in [0.2, 0.25) is 0 Å². The molecular formula is C15H19N3S2. The molecule has 3 rings (SSSR count). The van der Waals surface area contributed by atoms with Crippen LogP contribution in [-0.4, -0.2) is 47.5 Å². The van der Waals surface area contributed by atoms with E-state index >= 15 is 0 Å². The Labute approximate surface area is 129 Å². The summed E-state index contributed by atoms with van der Waals surface area (Å²) in [5.74, 6) is 0. The Balaban J connectivity index is 1.61. The fourth-order valence-electron chi connectivity index (χ4n) is 2.72. The van der Waals surface area contributed by atoms with Gasteiger partial charge in [0.1, 0.15) is 0 Å². The number of fused-ring (bicyclic) bond motifs is 1. The van der Waals surface area contributed by atoms with Crippen LogP contribution >= 0.6 is 23.6 Å². The molecule has 2 N–H and O–H groups in total. The minimum absolute atomic E-state index is 0.599. The summed E-state index contributed by atoms with van der Waals surface area (Å²) in [6.07, 6.45) is 0. The Morgan fingerprint density at radius 3 is 2.60 bits per heavy atom. The van der Waals surface area contributed by atoms with Crippen LogP contribution in [0.1, 0.15) is 5.56 Å². The summed E-state index contributed by atoms with van der Waals surface area (Å²) in [5.41, 5.74) is 7.06. The van der Waals surface area contributed by atoms with Crippen molar-refractivity contribution in [2.75, 3.05) is 32.7 Å². The lowest BCUT2D eigenvalue weighted by atomic mass is 10.1. The Morgan fingerprint density at radius 2 is 1.85 bits per heavy atom. The summed E-state index contributed by atoms with van der Waals surface area (Å²) < 4.78 is 1.38. The van der Waals surface area contributed by atoms with Gasteiger partial charge in [-0.05, 0) is 22.4 Å². The molecule has 0 bridgehead atoms. The zero-order valence-corrected chi connectivity index (χ0v) is 13.1. The van der Waals surface area contributed by atoms with Crippen molar-refractivity contribution in [3.05, 3.63) is 35.2 Å². The highest BCUT2D eigenvalue weighted by Crippen LogP contribution is 2.26. The molecule has 5 heteroatoms. The summed E-state index contributed by atoms with van der Waals surface area (Å²) >= 11 is 6.82. The van der Waals surface area contributed by atoms with E-state index < -0.39 is 0 Å². The van der Waals surface area contributed by atoms with E-state index in [-0.39, 0.29) is 0 Å². The Kier molecular flexibility index (Phi) is 4.31. The van der Waals surface area contributed by atoms with Gasteiger partial charge in [-0.1, -0.05) is 30.4 Å². The van der Waals surface area contributed by atoms with Crippen LogP contribution in [0.4, 0.5) is 0 Å². The Morgan fingerprint density at radius 1 is 1.15 bits per heavy atom. The molecule has 2 heterocycles. The van der Waals surface area contributed by atoms with Crippen molar-refractivity contribution in [3.8, 4) is 0 Å². The van der Waals surface area contributed by atoms with Gasteiger partial charge in [-0.2, -0.15) is 0 Å². The largest absolute Gasteiger partial charge is 0.392 e. The quantitative estimate of drug-likeness (QED) is 0.879. The fourth-order valence-corrected chi connectivity index (χ4v) is 3.86. The van der Waals surface area contributed by atoms with Gasteiger partial charge in [0.2, 0.25) is 0 Å². The molecule has 3 nitrogen and oxygen atoms in total. The van der Waals surface area contributed by atoms with E-state index in [0.29, 0.717) is 4.99 Å². The second kappa shape index (κ2) is 6.18. The van der Waals surface area contributed by atoms with Crippen LogP contribution in [0.3, 0.4) is 0 Å². The monoisotopic (exact) mass is 305 g/mol. The third kappa shape index (κ3) is 3.17. The van der Waals surface area contributed by atoms with E-state index in [0.717, 1.165) is 39.3 Å². The maximum atomic E-state index is 5.61. The Bertz CT molecular complexity index is 600. The molecule has 0 saturated carbocycles. The van der Waals surface area contributed by atoms with Crippen molar-refractivity contribution in [2.45, 2.75) is 6.54 Å². The summed E-state index contributed by atoms with van der Waals surface area (Å²) in [6, 6.07) is 8.66. The highest BCUT2D eigenvalue weighted by Gasteiger charge is 2.18. The molecule has 0 amide bonds. The summed E-state index contributed by atoms with van der Waals surface area (Å²) in [5, 5.41) is 3.70. The van der Waals surface area contributed by atoms with Gasteiger partial charge in [-0.15, -0.1) is 11.3 Å². The van der Waals surface area contributed by atoms with E-state index in [1.807, 2.05) is 11.3 Å². The van der Waals surface area contributed by atoms with Crippen molar-refractivity contribution >= 4 is 38.6 Å². The summed E-state index contributed by atoms with van der Waals surface area (Å²) in [6.45, 7) is 6.09. The normalized spacial score (nSPS) is 17.6. The Hall–Kier alpha value is -1.01. The lowest BCUT2D eigenvalue weighted by Gasteiger charge is -2.34. The minimum Gasteiger partial charge on any atom is -0.392 e. The number of rotatable bonds is 4. The van der Waals surface area contributed by atoms with Crippen molar-refractivity contribution < 1.29 is 0 Å². The minimum atomic E-state index is 0.599. The fraction of sp³-hybridized carbons (Fsp3) is 0.400. The predicted octanol–water partition coefficient (Wildman–Crippen LogP) is 2.30. The van der Waals surface area contributed by atoms with Crippen LogP contribution in [0, 0.1) is 0 Å². The maximum absolute atomic E-state index is 5.61. The molecule has 0 spiro atoms. The van der Waals surface area contributed by atoms with Crippen molar-refractivity contribution in [3.63, 3.8) is 0 Å². The van der Waals surface area contributed by atoms with Gasteiger partial charge in [-0.3, -0.25) is 9.80 Å². The van der Waals surface area contributed by atoms with Gasteiger partial charge in [0.25, 0.3) is 0 Å². The molecular weight excluding hydrogens is 286 g/mol. The van der Waals surface area contributed by atoms with Gasteiger partial charge < -0.3 is 5.73 Å². The average Bonchev–Trinajstić information content (AvgIpc) is 2.84. The number of piperazine rings is 1. The second-order valence-corrected chi connectivity index (χ2v) is 6.71. The second-order valence-electron chi connectivity index (χ2n) is 5.28. The highest BCUT2D eigenvalue weighted by molar-refractivity contribution is 7.80. The lowest BCUT2D eigenvalue weighted by Crippen LogP contribution is -2.48. The number of nitrogens with zero attached hydrogens (tertiary/aromatic N) is 2. The van der Waals surface area contributed by atoms with Crippen LogP contribution in [0.15, 0.2) is 29.6 Å². The molecule has 106 valence electrons. The van der Waals surface area contributed by atoms with Gasteiger partial charge in [0, 0.05) is 44.0 Å². The van der Waals surface area contributed by atoms with Crippen LogP contribution in [0.5, 0.6) is 0 Å². The zero-order valence-electron chi connectivity index (χ0n) is 11.4. The number of hydrogen-bond donors (Lipinski definition) is 1. The van der Waals surface area contributed by atoms with Crippen LogP contribution < -0.4 is 5.73 Å². The van der Waals surface area contributed by atoms with Crippen molar-refractivity contribution in [1.29, 1.82) is 0 Å². The summed E-state index contributed by atoms with van der Waals surface area (Å²) in [4.78, 5) is 5.46. The third-order valence-corrected chi connectivity index (χ3v) is 4.94. The molecule has 1 aliphatic heterocycles. The molecule has 1 fully saturated rings. The van der Waals surface area contributed by atoms with Gasteiger partial charge >= 0.3 is 0 Å². The number of benzene rings is 1. The smallest absolute Gasteiger partial charge is 0.0870 e. The molecule has 2 aromatic rings. The molecule has 20 heavy (non-hydrogen) atoms. The topological polar surface area (TPSA) is 32.5 Å². The molecule has 1 aromatic heterocycles. The maximum Gasteiger partial charge on any atom is 0.0870 e. The molecule has 0 radical (unpaired) electrons. The van der Waals surface area contributed by atoms with Crippen LogP contribution in [-0.2, 0) is 6.54 Å². The molecule has 0 atom stereocenters. The third-order valence-electron chi connectivity index (χ3n) is 3.80. The van der Waals surface area contributed by atoms with E-state index in [1.165, 1.54) is 15.6 Å². The average molecular weight is 305 g/mol. The van der Waals surface area contributed by atoms with Crippen molar-refractivity contribution in [1.82, 2.24) is 9.80 Å². The van der Waals surface area contributed by atoms with E-state index in [9.17, 15) is 0 Å². The molecule has 1 aromatic carbocycles. The molecule has 0 unspecified atom stereocenters. The zero-order chi connectivity index (χ0) is 13.9. The van der Waals surface area contributed by atoms with Gasteiger partial charge in [0.05, 0.1) is 4.99 Å².